The quantitative estimate of drug-likeness (QED) is 0.844. The van der Waals surface area contributed by atoms with Crippen molar-refractivity contribution in [3.05, 3.63) is 34.1 Å². The Morgan fingerprint density at radius 1 is 1.25 bits per heavy atom. The van der Waals surface area contributed by atoms with E-state index >= 15 is 0 Å². The van der Waals surface area contributed by atoms with Crippen molar-refractivity contribution in [2.75, 3.05) is 0 Å². The van der Waals surface area contributed by atoms with Gasteiger partial charge in [0.25, 0.3) is 0 Å². The first-order valence-electron chi connectivity index (χ1n) is 5.28. The highest BCUT2D eigenvalue weighted by Crippen LogP contribution is 2.26. The van der Waals surface area contributed by atoms with Crippen molar-refractivity contribution in [2.24, 2.45) is 0 Å². The first-order chi connectivity index (χ1) is 7.61. The van der Waals surface area contributed by atoms with E-state index in [0.717, 1.165) is 22.4 Å². The van der Waals surface area contributed by atoms with E-state index in [4.69, 9.17) is 0 Å². The monoisotopic (exact) mass is 279 g/mol. The molecule has 0 unspecified atom stereocenters. The zero-order valence-corrected chi connectivity index (χ0v) is 11.2. The lowest BCUT2D eigenvalue weighted by Gasteiger charge is -2.05. The summed E-state index contributed by atoms with van der Waals surface area (Å²) >= 11 is 3.56. The Morgan fingerprint density at radius 3 is 2.38 bits per heavy atom. The van der Waals surface area contributed by atoms with Crippen LogP contribution in [0.15, 0.2) is 22.9 Å². The van der Waals surface area contributed by atoms with Crippen molar-refractivity contribution < 1.29 is 0 Å². The molecule has 0 saturated heterocycles. The lowest BCUT2D eigenvalue weighted by atomic mass is 10.1. The van der Waals surface area contributed by atoms with Gasteiger partial charge in [0.2, 0.25) is 0 Å². The topological polar surface area (TPSA) is 30.7 Å². The molecule has 0 amide bonds. The molecule has 0 aliphatic heterocycles. The molecule has 0 N–H and O–H groups in total. The molecule has 2 aromatic rings. The molecule has 0 atom stereocenters. The molecule has 1 aromatic carbocycles. The molecule has 4 heteroatoms. The van der Waals surface area contributed by atoms with Crippen LogP contribution in [0.3, 0.4) is 0 Å². The van der Waals surface area contributed by atoms with Gasteiger partial charge in [-0.15, -0.1) is 0 Å². The molecule has 84 valence electrons. The van der Waals surface area contributed by atoms with E-state index in [-0.39, 0.29) is 0 Å². The molecule has 1 aromatic heterocycles. The Hall–Kier alpha value is -1.16. The Balaban J connectivity index is 2.48. The molecular formula is C12H14BrN3. The fourth-order valence-electron chi connectivity index (χ4n) is 1.65. The van der Waals surface area contributed by atoms with E-state index in [1.54, 1.807) is 6.33 Å². The second-order valence-electron chi connectivity index (χ2n) is 3.85. The van der Waals surface area contributed by atoms with Gasteiger partial charge in [-0.2, -0.15) is 5.10 Å². The third kappa shape index (κ3) is 2.02. The summed E-state index contributed by atoms with van der Waals surface area (Å²) < 4.78 is 2.99. The normalized spacial score (nSPS) is 10.8. The Labute approximate surface area is 104 Å². The molecule has 0 aliphatic rings. The van der Waals surface area contributed by atoms with Crippen LogP contribution in [0.4, 0.5) is 0 Å². The molecule has 0 radical (unpaired) electrons. The van der Waals surface area contributed by atoms with Crippen molar-refractivity contribution in [3.8, 4) is 11.4 Å². The van der Waals surface area contributed by atoms with Gasteiger partial charge in [0.05, 0.1) is 0 Å². The number of aryl methyl sites for hydroxylation is 3. The summed E-state index contributed by atoms with van der Waals surface area (Å²) in [6.07, 6.45) is 1.77. The molecule has 0 spiro atoms. The number of halogens is 1. The summed E-state index contributed by atoms with van der Waals surface area (Å²) in [5.74, 6) is 0.792. The predicted molar refractivity (Wildman–Crippen MR) is 68.3 cm³/mol. The highest BCUT2D eigenvalue weighted by Gasteiger charge is 2.07. The fraction of sp³-hybridized carbons (Fsp3) is 0.333. The van der Waals surface area contributed by atoms with Gasteiger partial charge in [0.1, 0.15) is 6.33 Å². The van der Waals surface area contributed by atoms with Crippen LogP contribution in [0.2, 0.25) is 0 Å². The minimum absolute atomic E-state index is 0.792. The third-order valence-electron chi connectivity index (χ3n) is 2.56. The van der Waals surface area contributed by atoms with Gasteiger partial charge in [-0.25, -0.2) is 4.98 Å². The van der Waals surface area contributed by atoms with Crippen molar-refractivity contribution >= 4 is 15.9 Å². The second kappa shape index (κ2) is 4.37. The summed E-state index contributed by atoms with van der Waals surface area (Å²) in [5, 5.41) is 4.40. The largest absolute Gasteiger partial charge is 0.253 e. The Kier molecular flexibility index (Phi) is 3.10. The minimum atomic E-state index is 0.792. The van der Waals surface area contributed by atoms with Crippen LogP contribution in [-0.2, 0) is 6.54 Å². The molecule has 16 heavy (non-hydrogen) atoms. The average molecular weight is 280 g/mol. The van der Waals surface area contributed by atoms with Gasteiger partial charge in [-0.1, -0.05) is 15.9 Å². The van der Waals surface area contributed by atoms with Crippen LogP contribution in [0, 0.1) is 13.8 Å². The van der Waals surface area contributed by atoms with Crippen LogP contribution < -0.4 is 0 Å². The van der Waals surface area contributed by atoms with Crippen molar-refractivity contribution in [1.82, 2.24) is 14.8 Å². The van der Waals surface area contributed by atoms with Crippen LogP contribution in [0.25, 0.3) is 11.4 Å². The fourth-order valence-corrected chi connectivity index (χ4v) is 1.88. The molecule has 0 saturated carbocycles. The number of aromatic nitrogens is 3. The Morgan fingerprint density at radius 2 is 1.88 bits per heavy atom. The maximum absolute atomic E-state index is 4.40. The molecule has 1 heterocycles. The van der Waals surface area contributed by atoms with Crippen molar-refractivity contribution in [2.45, 2.75) is 27.3 Å². The van der Waals surface area contributed by atoms with E-state index in [9.17, 15) is 0 Å². The highest BCUT2D eigenvalue weighted by atomic mass is 79.9. The molecule has 0 fully saturated rings. The van der Waals surface area contributed by atoms with Crippen molar-refractivity contribution in [3.63, 3.8) is 0 Å². The van der Waals surface area contributed by atoms with E-state index < -0.39 is 0 Å². The van der Waals surface area contributed by atoms with Crippen molar-refractivity contribution in [1.29, 1.82) is 0 Å². The van der Waals surface area contributed by atoms with Crippen LogP contribution in [0.1, 0.15) is 18.1 Å². The number of hydrogen-bond donors (Lipinski definition) is 0. The van der Waals surface area contributed by atoms with Gasteiger partial charge in [0, 0.05) is 16.6 Å². The lowest BCUT2D eigenvalue weighted by molar-refractivity contribution is 0.659. The van der Waals surface area contributed by atoms with Gasteiger partial charge in [-0.05, 0) is 44.0 Å². The van der Waals surface area contributed by atoms with Crippen LogP contribution >= 0.6 is 15.9 Å². The van der Waals surface area contributed by atoms with E-state index in [0.29, 0.717) is 0 Å². The number of nitrogens with zero attached hydrogens (tertiary/aromatic N) is 3. The Bertz CT molecular complexity index is 494. The molecule has 0 aliphatic carbocycles. The summed E-state index contributed by atoms with van der Waals surface area (Å²) in [6.45, 7) is 7.06. The molecular weight excluding hydrogens is 266 g/mol. The standard InChI is InChI=1S/C12H14BrN3/c1-4-16-7-14-12(15-16)10-5-8(2)11(13)9(3)6-10/h5-7H,4H2,1-3H3. The summed E-state index contributed by atoms with van der Waals surface area (Å²) in [4.78, 5) is 4.31. The maximum atomic E-state index is 4.40. The smallest absolute Gasteiger partial charge is 0.181 e. The van der Waals surface area contributed by atoms with E-state index in [1.807, 2.05) is 4.68 Å². The van der Waals surface area contributed by atoms with Crippen LogP contribution in [-0.4, -0.2) is 14.8 Å². The second-order valence-corrected chi connectivity index (χ2v) is 4.64. The SMILES string of the molecule is CCn1cnc(-c2cc(C)c(Br)c(C)c2)n1. The zero-order chi connectivity index (χ0) is 11.7. The first-order valence-corrected chi connectivity index (χ1v) is 6.07. The minimum Gasteiger partial charge on any atom is -0.253 e. The van der Waals surface area contributed by atoms with Gasteiger partial charge < -0.3 is 0 Å². The third-order valence-corrected chi connectivity index (χ3v) is 3.81. The number of benzene rings is 1. The summed E-state index contributed by atoms with van der Waals surface area (Å²) in [6, 6.07) is 4.21. The number of hydrogen-bond acceptors (Lipinski definition) is 2. The van der Waals surface area contributed by atoms with Crippen LogP contribution in [0.5, 0.6) is 0 Å². The van der Waals surface area contributed by atoms with Gasteiger partial charge >= 0.3 is 0 Å². The van der Waals surface area contributed by atoms with Gasteiger partial charge in [-0.3, -0.25) is 4.68 Å². The summed E-state index contributed by atoms with van der Waals surface area (Å²) in [7, 11) is 0. The molecule has 2 rings (SSSR count). The zero-order valence-electron chi connectivity index (χ0n) is 9.66. The molecule has 3 nitrogen and oxygen atoms in total. The van der Waals surface area contributed by atoms with E-state index in [2.05, 4.69) is 58.9 Å². The predicted octanol–water partition coefficient (Wildman–Crippen LogP) is 3.34. The highest BCUT2D eigenvalue weighted by molar-refractivity contribution is 9.10. The summed E-state index contributed by atoms with van der Waals surface area (Å²) in [5.41, 5.74) is 3.50. The van der Waals surface area contributed by atoms with Gasteiger partial charge in [0.15, 0.2) is 5.82 Å². The molecule has 0 bridgehead atoms. The maximum Gasteiger partial charge on any atom is 0.181 e. The lowest BCUT2D eigenvalue weighted by Crippen LogP contribution is -1.94. The first kappa shape index (κ1) is 11.3. The average Bonchev–Trinajstić information content (AvgIpc) is 2.73. The van der Waals surface area contributed by atoms with E-state index in [1.165, 1.54) is 11.1 Å². The number of rotatable bonds is 2.